The van der Waals surface area contributed by atoms with Crippen LogP contribution in [0.5, 0.6) is 0 Å². The number of nitrogens with zero attached hydrogens (tertiary/aromatic N) is 1. The predicted octanol–water partition coefficient (Wildman–Crippen LogP) is 1.19. The fourth-order valence-corrected chi connectivity index (χ4v) is 2.11. The molecule has 16 heavy (non-hydrogen) atoms. The molecule has 4 heteroatoms. The first-order valence-corrected chi connectivity index (χ1v) is 6.17. The molecule has 0 spiro atoms. The Kier molecular flexibility index (Phi) is 4.74. The standard InChI is InChI=1S/C12H25N3O/c1-12(2,11(13)14)6-4-8-15-7-3-5-10(16)9-15/h10,16H,3-9H2,1-2H3,(H3,13,14). The van der Waals surface area contributed by atoms with Crippen LogP contribution in [0, 0.1) is 10.8 Å². The number of amidine groups is 1. The van der Waals surface area contributed by atoms with Crippen molar-refractivity contribution in [3.63, 3.8) is 0 Å². The van der Waals surface area contributed by atoms with E-state index in [2.05, 4.69) is 4.90 Å². The van der Waals surface area contributed by atoms with Crippen molar-refractivity contribution in [2.24, 2.45) is 11.1 Å². The molecule has 0 aromatic carbocycles. The maximum absolute atomic E-state index is 9.53. The number of β-amino-alcohol motifs (C(OH)–C–C–N with tert-alkyl or cyclic N) is 1. The van der Waals surface area contributed by atoms with Crippen LogP contribution in [0.2, 0.25) is 0 Å². The topological polar surface area (TPSA) is 73.3 Å². The minimum absolute atomic E-state index is 0.144. The molecule has 0 bridgehead atoms. The van der Waals surface area contributed by atoms with Gasteiger partial charge in [-0.15, -0.1) is 0 Å². The molecular formula is C12H25N3O. The molecule has 1 atom stereocenters. The Hall–Kier alpha value is -0.610. The zero-order valence-electron chi connectivity index (χ0n) is 10.5. The molecule has 0 aromatic heterocycles. The number of aliphatic hydroxyl groups excluding tert-OH is 1. The van der Waals surface area contributed by atoms with E-state index in [4.69, 9.17) is 11.1 Å². The maximum atomic E-state index is 9.53. The highest BCUT2D eigenvalue weighted by molar-refractivity contribution is 5.82. The van der Waals surface area contributed by atoms with Crippen molar-refractivity contribution in [1.29, 1.82) is 5.41 Å². The number of likely N-dealkylation sites (tertiary alicyclic amines) is 1. The number of piperidine rings is 1. The summed E-state index contributed by atoms with van der Waals surface area (Å²) in [5, 5.41) is 17.0. The van der Waals surface area contributed by atoms with E-state index in [9.17, 15) is 5.11 Å². The van der Waals surface area contributed by atoms with Gasteiger partial charge in [-0.2, -0.15) is 0 Å². The van der Waals surface area contributed by atoms with Crippen molar-refractivity contribution in [3.8, 4) is 0 Å². The van der Waals surface area contributed by atoms with Crippen LogP contribution in [0.3, 0.4) is 0 Å². The van der Waals surface area contributed by atoms with Gasteiger partial charge in [0, 0.05) is 12.0 Å². The molecule has 1 saturated heterocycles. The zero-order chi connectivity index (χ0) is 12.2. The quantitative estimate of drug-likeness (QED) is 0.488. The summed E-state index contributed by atoms with van der Waals surface area (Å²) in [5.74, 6) is 0.270. The van der Waals surface area contributed by atoms with Crippen molar-refractivity contribution >= 4 is 5.84 Å². The number of nitrogens with one attached hydrogen (secondary N) is 1. The SMILES string of the molecule is CC(C)(CCCN1CCCC(O)C1)C(=N)N. The van der Waals surface area contributed by atoms with Crippen LogP contribution in [0.1, 0.15) is 39.5 Å². The molecule has 1 fully saturated rings. The van der Waals surface area contributed by atoms with E-state index in [-0.39, 0.29) is 17.4 Å². The van der Waals surface area contributed by atoms with Crippen LogP contribution in [-0.4, -0.2) is 41.6 Å². The fourth-order valence-electron chi connectivity index (χ4n) is 2.11. The molecule has 4 N–H and O–H groups in total. The van der Waals surface area contributed by atoms with Gasteiger partial charge in [0.25, 0.3) is 0 Å². The third kappa shape index (κ3) is 4.10. The smallest absolute Gasteiger partial charge is 0.0963 e. The fraction of sp³-hybridized carbons (Fsp3) is 0.917. The van der Waals surface area contributed by atoms with Gasteiger partial charge in [0.05, 0.1) is 11.9 Å². The predicted molar refractivity (Wildman–Crippen MR) is 66.6 cm³/mol. The van der Waals surface area contributed by atoms with Crippen molar-refractivity contribution in [1.82, 2.24) is 4.90 Å². The molecule has 1 aliphatic rings. The molecule has 1 aliphatic heterocycles. The Morgan fingerprint density at radius 3 is 2.81 bits per heavy atom. The van der Waals surface area contributed by atoms with Crippen molar-refractivity contribution < 1.29 is 5.11 Å². The van der Waals surface area contributed by atoms with E-state index >= 15 is 0 Å². The lowest BCUT2D eigenvalue weighted by atomic mass is 9.86. The first kappa shape index (κ1) is 13.5. The van der Waals surface area contributed by atoms with Gasteiger partial charge in [0.1, 0.15) is 0 Å². The highest BCUT2D eigenvalue weighted by Gasteiger charge is 2.22. The Morgan fingerprint density at radius 1 is 1.56 bits per heavy atom. The number of nitrogens with two attached hydrogens (primary N) is 1. The normalized spacial score (nSPS) is 23.3. The van der Waals surface area contributed by atoms with E-state index in [1.54, 1.807) is 0 Å². The molecule has 0 aliphatic carbocycles. The number of rotatable bonds is 5. The van der Waals surface area contributed by atoms with E-state index in [0.717, 1.165) is 45.3 Å². The van der Waals surface area contributed by atoms with Crippen molar-refractivity contribution in [3.05, 3.63) is 0 Å². The summed E-state index contributed by atoms with van der Waals surface area (Å²) >= 11 is 0. The average Bonchev–Trinajstić information content (AvgIpc) is 2.17. The van der Waals surface area contributed by atoms with Gasteiger partial charge in [-0.3, -0.25) is 5.41 Å². The van der Waals surface area contributed by atoms with E-state index in [1.807, 2.05) is 13.8 Å². The highest BCUT2D eigenvalue weighted by Crippen LogP contribution is 2.22. The van der Waals surface area contributed by atoms with Crippen molar-refractivity contribution in [2.45, 2.75) is 45.6 Å². The molecule has 1 rings (SSSR count). The number of hydrogen-bond donors (Lipinski definition) is 3. The van der Waals surface area contributed by atoms with E-state index in [0.29, 0.717) is 0 Å². The lowest BCUT2D eigenvalue weighted by Crippen LogP contribution is -2.39. The maximum Gasteiger partial charge on any atom is 0.0963 e. The summed E-state index contributed by atoms with van der Waals surface area (Å²) in [4.78, 5) is 2.31. The molecule has 0 amide bonds. The van der Waals surface area contributed by atoms with Crippen LogP contribution in [0.15, 0.2) is 0 Å². The minimum atomic E-state index is -0.186. The Morgan fingerprint density at radius 2 is 2.25 bits per heavy atom. The van der Waals surface area contributed by atoms with Crippen molar-refractivity contribution in [2.75, 3.05) is 19.6 Å². The average molecular weight is 227 g/mol. The molecule has 1 unspecified atom stereocenters. The van der Waals surface area contributed by atoms with Gasteiger partial charge >= 0.3 is 0 Å². The Bertz CT molecular complexity index is 240. The van der Waals surface area contributed by atoms with Gasteiger partial charge in [-0.05, 0) is 38.8 Å². The first-order valence-electron chi connectivity index (χ1n) is 6.17. The largest absolute Gasteiger partial charge is 0.392 e. The van der Waals surface area contributed by atoms with E-state index in [1.165, 1.54) is 0 Å². The molecule has 4 nitrogen and oxygen atoms in total. The number of hydrogen-bond acceptors (Lipinski definition) is 3. The number of aliphatic hydroxyl groups is 1. The molecule has 0 saturated carbocycles. The monoisotopic (exact) mass is 227 g/mol. The van der Waals surface area contributed by atoms with Gasteiger partial charge in [0.15, 0.2) is 0 Å². The second-order valence-corrected chi connectivity index (χ2v) is 5.50. The summed E-state index contributed by atoms with van der Waals surface area (Å²) in [6, 6.07) is 0. The molecule has 94 valence electrons. The Balaban J connectivity index is 2.22. The zero-order valence-corrected chi connectivity index (χ0v) is 10.5. The van der Waals surface area contributed by atoms with Crippen LogP contribution >= 0.6 is 0 Å². The minimum Gasteiger partial charge on any atom is -0.392 e. The summed E-state index contributed by atoms with van der Waals surface area (Å²) in [5.41, 5.74) is 5.36. The van der Waals surface area contributed by atoms with Crippen LogP contribution in [0.25, 0.3) is 0 Å². The molecule has 0 radical (unpaired) electrons. The van der Waals surface area contributed by atoms with Gasteiger partial charge in [-0.25, -0.2) is 0 Å². The third-order valence-corrected chi connectivity index (χ3v) is 3.49. The molecule has 1 heterocycles. The lowest BCUT2D eigenvalue weighted by Gasteiger charge is -2.31. The van der Waals surface area contributed by atoms with Crippen LogP contribution < -0.4 is 5.73 Å². The summed E-state index contributed by atoms with van der Waals surface area (Å²) < 4.78 is 0. The van der Waals surface area contributed by atoms with E-state index < -0.39 is 0 Å². The summed E-state index contributed by atoms with van der Waals surface area (Å²) in [7, 11) is 0. The summed E-state index contributed by atoms with van der Waals surface area (Å²) in [6.07, 6.45) is 3.87. The second kappa shape index (κ2) is 5.64. The highest BCUT2D eigenvalue weighted by atomic mass is 16.3. The third-order valence-electron chi connectivity index (χ3n) is 3.49. The van der Waals surface area contributed by atoms with Gasteiger partial charge in [0.2, 0.25) is 0 Å². The van der Waals surface area contributed by atoms with Crippen LogP contribution in [-0.2, 0) is 0 Å². The second-order valence-electron chi connectivity index (χ2n) is 5.50. The summed E-state index contributed by atoms with van der Waals surface area (Å²) in [6.45, 7) is 6.94. The lowest BCUT2D eigenvalue weighted by molar-refractivity contribution is 0.0690. The molecular weight excluding hydrogens is 202 g/mol. The Labute approximate surface area is 98.3 Å². The van der Waals surface area contributed by atoms with Crippen LogP contribution in [0.4, 0.5) is 0 Å². The van der Waals surface area contributed by atoms with Gasteiger partial charge < -0.3 is 15.7 Å². The first-order chi connectivity index (χ1) is 7.42. The van der Waals surface area contributed by atoms with Gasteiger partial charge in [-0.1, -0.05) is 13.8 Å². The molecule has 0 aromatic rings.